The Labute approximate surface area is 154 Å². The van der Waals surface area contributed by atoms with E-state index in [1.165, 1.54) is 0 Å². The predicted molar refractivity (Wildman–Crippen MR) is 102 cm³/mol. The fraction of sp³-hybridized carbons (Fsp3) is 0.579. The molecule has 2 unspecified atom stereocenters. The fourth-order valence-electron chi connectivity index (χ4n) is 3.19. The molecule has 0 heterocycles. The maximum Gasteiger partial charge on any atom is 0.252 e. The van der Waals surface area contributed by atoms with Crippen LogP contribution < -0.4 is 16.4 Å². The second-order valence-corrected chi connectivity index (χ2v) is 8.00. The zero-order chi connectivity index (χ0) is 18.6. The summed E-state index contributed by atoms with van der Waals surface area (Å²) in [5.74, 6) is -0.146. The van der Waals surface area contributed by atoms with Crippen molar-refractivity contribution in [3.8, 4) is 0 Å². The molecule has 1 fully saturated rings. The summed E-state index contributed by atoms with van der Waals surface area (Å²) >= 11 is 6.23. The van der Waals surface area contributed by atoms with E-state index in [0.717, 1.165) is 25.7 Å². The summed E-state index contributed by atoms with van der Waals surface area (Å²) in [6, 6.07) is 4.95. The van der Waals surface area contributed by atoms with E-state index in [2.05, 4.69) is 10.6 Å². The van der Waals surface area contributed by atoms with Gasteiger partial charge >= 0.3 is 0 Å². The molecule has 1 saturated carbocycles. The number of nitrogens with two attached hydrogens (primary N) is 1. The molecular formula is C19H28ClN3O2. The summed E-state index contributed by atoms with van der Waals surface area (Å²) in [5, 5.41) is 6.04. The van der Waals surface area contributed by atoms with E-state index in [4.69, 9.17) is 17.3 Å². The molecule has 4 N–H and O–H groups in total. The number of anilines is 1. The van der Waals surface area contributed by atoms with Gasteiger partial charge in [0.2, 0.25) is 5.91 Å². The highest BCUT2D eigenvalue weighted by Gasteiger charge is 2.37. The molecule has 1 aromatic rings. The van der Waals surface area contributed by atoms with Crippen molar-refractivity contribution in [2.75, 3.05) is 11.9 Å². The highest BCUT2D eigenvalue weighted by Crippen LogP contribution is 2.32. The van der Waals surface area contributed by atoms with E-state index in [-0.39, 0.29) is 17.7 Å². The Morgan fingerprint density at radius 3 is 2.68 bits per heavy atom. The molecule has 25 heavy (non-hydrogen) atoms. The van der Waals surface area contributed by atoms with Crippen LogP contribution in [0.5, 0.6) is 0 Å². The van der Waals surface area contributed by atoms with Crippen molar-refractivity contribution in [1.82, 2.24) is 5.32 Å². The lowest BCUT2D eigenvalue weighted by Gasteiger charge is -2.37. The van der Waals surface area contributed by atoms with Gasteiger partial charge in [-0.25, -0.2) is 0 Å². The molecule has 1 aliphatic rings. The first-order chi connectivity index (χ1) is 11.7. The molecule has 0 spiro atoms. The zero-order valence-corrected chi connectivity index (χ0v) is 16.0. The van der Waals surface area contributed by atoms with Crippen LogP contribution in [0, 0.1) is 11.8 Å². The number of hydrogen-bond donors (Lipinski definition) is 3. The molecule has 2 amide bonds. The number of carbonyl (C=O) groups excluding carboxylic acids is 2. The number of nitrogens with one attached hydrogen (secondary N) is 2. The predicted octanol–water partition coefficient (Wildman–Crippen LogP) is 3.57. The number of rotatable bonds is 5. The summed E-state index contributed by atoms with van der Waals surface area (Å²) in [5.41, 5.74) is 6.79. The molecule has 5 nitrogen and oxygen atoms in total. The van der Waals surface area contributed by atoms with Crippen LogP contribution in [0.1, 0.15) is 56.8 Å². The summed E-state index contributed by atoms with van der Waals surface area (Å²) in [7, 11) is 0. The second kappa shape index (κ2) is 8.19. The van der Waals surface area contributed by atoms with E-state index < -0.39 is 5.54 Å². The van der Waals surface area contributed by atoms with Gasteiger partial charge in [0.25, 0.3) is 5.91 Å². The quantitative estimate of drug-likeness (QED) is 0.745. The summed E-state index contributed by atoms with van der Waals surface area (Å²) < 4.78 is 0. The average molecular weight is 366 g/mol. The molecule has 0 bridgehead atoms. The van der Waals surface area contributed by atoms with Crippen LogP contribution in [0.2, 0.25) is 5.02 Å². The lowest BCUT2D eigenvalue weighted by atomic mass is 9.74. The third kappa shape index (κ3) is 5.19. The number of amides is 2. The second-order valence-electron chi connectivity index (χ2n) is 7.59. The first kappa shape index (κ1) is 19.7. The number of carbonyl (C=O) groups is 2. The molecule has 2 rings (SSSR count). The minimum absolute atomic E-state index is 0.0854. The Bertz CT molecular complexity index is 644. The Balaban J connectivity index is 2.05. The summed E-state index contributed by atoms with van der Waals surface area (Å²) in [4.78, 5) is 24.7. The van der Waals surface area contributed by atoms with E-state index >= 15 is 0 Å². The molecule has 0 saturated heterocycles. The third-order valence-electron chi connectivity index (χ3n) is 4.72. The number of benzene rings is 1. The van der Waals surface area contributed by atoms with Crippen LogP contribution in [-0.2, 0) is 4.79 Å². The smallest absolute Gasteiger partial charge is 0.252 e. The Morgan fingerprint density at radius 1 is 1.36 bits per heavy atom. The SMILES string of the molecule is CC(C)CNC(=O)c1ccc(NC(=O)C2CCCCC2(C)N)cc1Cl. The van der Waals surface area contributed by atoms with Crippen molar-refractivity contribution in [1.29, 1.82) is 0 Å². The van der Waals surface area contributed by atoms with Gasteiger partial charge in [0.05, 0.1) is 16.5 Å². The van der Waals surface area contributed by atoms with Crippen molar-refractivity contribution in [2.24, 2.45) is 17.6 Å². The highest BCUT2D eigenvalue weighted by atomic mass is 35.5. The zero-order valence-electron chi connectivity index (χ0n) is 15.2. The Morgan fingerprint density at radius 2 is 2.08 bits per heavy atom. The van der Waals surface area contributed by atoms with Crippen LogP contribution >= 0.6 is 11.6 Å². The first-order valence-electron chi connectivity index (χ1n) is 8.88. The first-order valence-corrected chi connectivity index (χ1v) is 9.26. The largest absolute Gasteiger partial charge is 0.352 e. The molecular weight excluding hydrogens is 338 g/mol. The molecule has 1 aromatic carbocycles. The Hall–Kier alpha value is -1.59. The van der Waals surface area contributed by atoms with Crippen LogP contribution in [0.15, 0.2) is 18.2 Å². The molecule has 0 aromatic heterocycles. The number of halogens is 1. The van der Waals surface area contributed by atoms with Gasteiger partial charge < -0.3 is 16.4 Å². The van der Waals surface area contributed by atoms with Gasteiger partial charge in [0.1, 0.15) is 0 Å². The standard InChI is InChI=1S/C19H28ClN3O2/c1-12(2)11-22-17(24)14-8-7-13(10-16(14)20)23-18(25)15-6-4-5-9-19(15,3)21/h7-8,10,12,15H,4-6,9,11,21H2,1-3H3,(H,22,24)(H,23,25). The van der Waals surface area contributed by atoms with Crippen LogP contribution in [0.25, 0.3) is 0 Å². The van der Waals surface area contributed by atoms with Crippen LogP contribution in [0.3, 0.4) is 0 Å². The van der Waals surface area contributed by atoms with Crippen molar-refractivity contribution in [3.63, 3.8) is 0 Å². The van der Waals surface area contributed by atoms with Crippen molar-refractivity contribution in [3.05, 3.63) is 28.8 Å². The van der Waals surface area contributed by atoms with E-state index in [1.54, 1.807) is 18.2 Å². The average Bonchev–Trinajstić information content (AvgIpc) is 2.52. The molecule has 1 aliphatic carbocycles. The molecule has 0 radical (unpaired) electrons. The molecule has 2 atom stereocenters. The Kier molecular flexibility index (Phi) is 6.47. The lowest BCUT2D eigenvalue weighted by Crippen LogP contribution is -2.51. The monoisotopic (exact) mass is 365 g/mol. The van der Waals surface area contributed by atoms with E-state index in [0.29, 0.717) is 28.7 Å². The summed E-state index contributed by atoms with van der Waals surface area (Å²) in [6.07, 6.45) is 3.71. The topological polar surface area (TPSA) is 84.2 Å². The van der Waals surface area contributed by atoms with Crippen LogP contribution in [-0.4, -0.2) is 23.9 Å². The van der Waals surface area contributed by atoms with Crippen LogP contribution in [0.4, 0.5) is 5.69 Å². The van der Waals surface area contributed by atoms with Gasteiger partial charge in [-0.15, -0.1) is 0 Å². The molecule has 0 aliphatic heterocycles. The van der Waals surface area contributed by atoms with Gasteiger partial charge in [0.15, 0.2) is 0 Å². The molecule has 6 heteroatoms. The third-order valence-corrected chi connectivity index (χ3v) is 5.04. The van der Waals surface area contributed by atoms with Gasteiger partial charge in [-0.1, -0.05) is 38.3 Å². The van der Waals surface area contributed by atoms with Crippen molar-refractivity contribution >= 4 is 29.1 Å². The maximum absolute atomic E-state index is 12.6. The molecule has 138 valence electrons. The fourth-order valence-corrected chi connectivity index (χ4v) is 3.45. The minimum Gasteiger partial charge on any atom is -0.352 e. The maximum atomic E-state index is 12.6. The van der Waals surface area contributed by atoms with Crippen molar-refractivity contribution < 1.29 is 9.59 Å². The minimum atomic E-state index is -0.483. The number of hydrogen-bond acceptors (Lipinski definition) is 3. The van der Waals surface area contributed by atoms with E-state index in [9.17, 15) is 9.59 Å². The van der Waals surface area contributed by atoms with Gasteiger partial charge in [0, 0.05) is 17.8 Å². The highest BCUT2D eigenvalue weighted by molar-refractivity contribution is 6.34. The normalized spacial score (nSPS) is 23.4. The van der Waals surface area contributed by atoms with Gasteiger partial charge in [-0.3, -0.25) is 9.59 Å². The lowest BCUT2D eigenvalue weighted by molar-refractivity contribution is -0.122. The van der Waals surface area contributed by atoms with Gasteiger partial charge in [-0.05, 0) is 43.9 Å². The van der Waals surface area contributed by atoms with Gasteiger partial charge in [-0.2, -0.15) is 0 Å². The van der Waals surface area contributed by atoms with E-state index in [1.807, 2.05) is 20.8 Å². The van der Waals surface area contributed by atoms with Crippen molar-refractivity contribution in [2.45, 2.75) is 52.0 Å². The summed E-state index contributed by atoms with van der Waals surface area (Å²) in [6.45, 7) is 6.57.